The number of rotatable bonds is 6. The molecule has 0 bridgehead atoms. The van der Waals surface area contributed by atoms with Crippen LogP contribution in [-0.4, -0.2) is 31.7 Å². The molecule has 0 saturated carbocycles. The van der Waals surface area contributed by atoms with E-state index in [1.54, 1.807) is 18.2 Å². The van der Waals surface area contributed by atoms with E-state index in [0.29, 0.717) is 29.6 Å². The van der Waals surface area contributed by atoms with Crippen molar-refractivity contribution in [2.24, 2.45) is 5.92 Å². The van der Waals surface area contributed by atoms with Crippen LogP contribution >= 0.6 is 0 Å². The minimum atomic E-state index is -0.196. The van der Waals surface area contributed by atoms with E-state index >= 15 is 0 Å². The van der Waals surface area contributed by atoms with Gasteiger partial charge < -0.3 is 19.7 Å². The number of nitrogens with one attached hydrogen (secondary N) is 1. The van der Waals surface area contributed by atoms with Gasteiger partial charge in [-0.15, -0.1) is 0 Å². The van der Waals surface area contributed by atoms with E-state index in [-0.39, 0.29) is 25.2 Å². The van der Waals surface area contributed by atoms with Crippen LogP contribution in [0.15, 0.2) is 18.2 Å². The quantitative estimate of drug-likeness (QED) is 0.872. The van der Waals surface area contributed by atoms with Gasteiger partial charge in [0.25, 0.3) is 0 Å². The Bertz CT molecular complexity index is 557. The average molecular weight is 306 g/mol. The Morgan fingerprint density at radius 1 is 1.27 bits per heavy atom. The molecule has 0 atom stereocenters. The standard InChI is InChI=1S/C16H22N2O4/c1-11(2)6-7-17-16(20)9-18(12(3)19)13-4-5-14-15(8-13)22-10-21-14/h4-5,8,11H,6-7,9-10H2,1-3H3,(H,17,20). The molecule has 0 spiro atoms. The van der Waals surface area contributed by atoms with Crippen LogP contribution in [-0.2, 0) is 9.59 Å². The first-order valence-electron chi connectivity index (χ1n) is 7.42. The number of hydrogen-bond acceptors (Lipinski definition) is 4. The SMILES string of the molecule is CC(=O)N(CC(=O)NCCC(C)C)c1ccc2c(c1)OCO2. The van der Waals surface area contributed by atoms with Crippen LogP contribution in [0.4, 0.5) is 5.69 Å². The Kier molecular flexibility index (Phi) is 5.25. The normalized spacial score (nSPS) is 12.4. The van der Waals surface area contributed by atoms with Crippen molar-refractivity contribution in [2.45, 2.75) is 27.2 Å². The van der Waals surface area contributed by atoms with Gasteiger partial charge in [-0.25, -0.2) is 0 Å². The molecule has 1 heterocycles. The average Bonchev–Trinajstić information content (AvgIpc) is 2.91. The molecular weight excluding hydrogens is 284 g/mol. The Balaban J connectivity index is 2.01. The van der Waals surface area contributed by atoms with Gasteiger partial charge in [0.15, 0.2) is 11.5 Å². The van der Waals surface area contributed by atoms with Gasteiger partial charge >= 0.3 is 0 Å². The lowest BCUT2D eigenvalue weighted by molar-refractivity contribution is -0.123. The third kappa shape index (κ3) is 4.13. The summed E-state index contributed by atoms with van der Waals surface area (Å²) >= 11 is 0. The fourth-order valence-corrected chi connectivity index (χ4v) is 2.14. The maximum Gasteiger partial charge on any atom is 0.240 e. The summed E-state index contributed by atoms with van der Waals surface area (Å²) in [5.41, 5.74) is 0.621. The number of ether oxygens (including phenoxy) is 2. The van der Waals surface area contributed by atoms with Crippen molar-refractivity contribution in [3.8, 4) is 11.5 Å². The summed E-state index contributed by atoms with van der Waals surface area (Å²) in [6, 6.07) is 5.20. The molecule has 1 aliphatic heterocycles. The highest BCUT2D eigenvalue weighted by Gasteiger charge is 2.20. The number of anilines is 1. The molecule has 22 heavy (non-hydrogen) atoms. The molecule has 1 aliphatic rings. The smallest absolute Gasteiger partial charge is 0.240 e. The van der Waals surface area contributed by atoms with Crippen molar-refractivity contribution in [1.82, 2.24) is 5.32 Å². The molecule has 0 aliphatic carbocycles. The summed E-state index contributed by atoms with van der Waals surface area (Å²) in [6.07, 6.45) is 0.913. The van der Waals surface area contributed by atoms with Gasteiger partial charge in [-0.05, 0) is 24.5 Å². The molecule has 6 heteroatoms. The van der Waals surface area contributed by atoms with Crippen molar-refractivity contribution in [3.05, 3.63) is 18.2 Å². The van der Waals surface area contributed by atoms with Crippen molar-refractivity contribution in [3.63, 3.8) is 0 Å². The van der Waals surface area contributed by atoms with Gasteiger partial charge in [-0.3, -0.25) is 9.59 Å². The second kappa shape index (κ2) is 7.15. The molecule has 0 radical (unpaired) electrons. The molecule has 0 saturated heterocycles. The van der Waals surface area contributed by atoms with Crippen LogP contribution < -0.4 is 19.7 Å². The van der Waals surface area contributed by atoms with Gasteiger partial charge in [-0.1, -0.05) is 13.8 Å². The van der Waals surface area contributed by atoms with Crippen LogP contribution in [0, 0.1) is 5.92 Å². The molecular formula is C16H22N2O4. The third-order valence-corrected chi connectivity index (χ3v) is 3.39. The minimum Gasteiger partial charge on any atom is -0.454 e. The summed E-state index contributed by atoms with van der Waals surface area (Å²) in [7, 11) is 0. The molecule has 120 valence electrons. The van der Waals surface area contributed by atoms with Crippen molar-refractivity contribution >= 4 is 17.5 Å². The Morgan fingerprint density at radius 2 is 2.00 bits per heavy atom. The maximum atomic E-state index is 12.0. The van der Waals surface area contributed by atoms with Crippen molar-refractivity contribution in [1.29, 1.82) is 0 Å². The van der Waals surface area contributed by atoms with E-state index < -0.39 is 0 Å². The van der Waals surface area contributed by atoms with E-state index in [1.165, 1.54) is 11.8 Å². The lowest BCUT2D eigenvalue weighted by Gasteiger charge is -2.21. The second-order valence-electron chi connectivity index (χ2n) is 5.68. The second-order valence-corrected chi connectivity index (χ2v) is 5.68. The number of amides is 2. The van der Waals surface area contributed by atoms with Gasteiger partial charge in [0.2, 0.25) is 18.6 Å². The van der Waals surface area contributed by atoms with Gasteiger partial charge in [0, 0.05) is 25.2 Å². The van der Waals surface area contributed by atoms with Crippen LogP contribution in [0.2, 0.25) is 0 Å². The number of carbonyl (C=O) groups excluding carboxylic acids is 2. The lowest BCUT2D eigenvalue weighted by Crippen LogP contribution is -2.40. The summed E-state index contributed by atoms with van der Waals surface area (Å²) in [5, 5.41) is 2.83. The van der Waals surface area contributed by atoms with Crippen LogP contribution in [0.1, 0.15) is 27.2 Å². The minimum absolute atomic E-state index is 0.00687. The van der Waals surface area contributed by atoms with Gasteiger partial charge in [0.1, 0.15) is 6.54 Å². The first-order valence-corrected chi connectivity index (χ1v) is 7.42. The van der Waals surface area contributed by atoms with E-state index in [0.717, 1.165) is 6.42 Å². The Hall–Kier alpha value is -2.24. The Morgan fingerprint density at radius 3 is 2.68 bits per heavy atom. The number of carbonyl (C=O) groups is 2. The van der Waals surface area contributed by atoms with Gasteiger partial charge in [0.05, 0.1) is 0 Å². The molecule has 0 aromatic heterocycles. The molecule has 2 rings (SSSR count). The first kappa shape index (κ1) is 16.1. The fraction of sp³-hybridized carbons (Fsp3) is 0.500. The molecule has 0 fully saturated rings. The molecule has 6 nitrogen and oxygen atoms in total. The molecule has 2 amide bonds. The highest BCUT2D eigenvalue weighted by molar-refractivity contribution is 5.97. The number of nitrogens with zero attached hydrogens (tertiary/aromatic N) is 1. The number of hydrogen-bond donors (Lipinski definition) is 1. The lowest BCUT2D eigenvalue weighted by atomic mass is 10.1. The van der Waals surface area contributed by atoms with Crippen molar-refractivity contribution in [2.75, 3.05) is 24.8 Å². The molecule has 1 N–H and O–H groups in total. The monoisotopic (exact) mass is 306 g/mol. The van der Waals surface area contributed by atoms with E-state index in [1.807, 2.05) is 0 Å². The number of fused-ring (bicyclic) bond motifs is 1. The summed E-state index contributed by atoms with van der Waals surface area (Å²) in [4.78, 5) is 25.2. The molecule has 0 unspecified atom stereocenters. The van der Waals surface area contributed by atoms with Crippen LogP contribution in [0.3, 0.4) is 0 Å². The van der Waals surface area contributed by atoms with Crippen LogP contribution in [0.5, 0.6) is 11.5 Å². The predicted molar refractivity (Wildman–Crippen MR) is 83.1 cm³/mol. The maximum absolute atomic E-state index is 12.0. The summed E-state index contributed by atoms with van der Waals surface area (Å²) in [6.45, 7) is 6.41. The largest absolute Gasteiger partial charge is 0.454 e. The predicted octanol–water partition coefficient (Wildman–Crippen LogP) is 1.93. The zero-order valence-corrected chi connectivity index (χ0v) is 13.2. The highest BCUT2D eigenvalue weighted by atomic mass is 16.7. The number of benzene rings is 1. The summed E-state index contributed by atoms with van der Waals surface area (Å²) < 4.78 is 10.5. The zero-order chi connectivity index (χ0) is 16.1. The fourth-order valence-electron chi connectivity index (χ4n) is 2.14. The zero-order valence-electron chi connectivity index (χ0n) is 13.2. The highest BCUT2D eigenvalue weighted by Crippen LogP contribution is 2.35. The van der Waals surface area contributed by atoms with Crippen molar-refractivity contribution < 1.29 is 19.1 Å². The van der Waals surface area contributed by atoms with E-state index in [2.05, 4.69) is 19.2 Å². The van der Waals surface area contributed by atoms with Crippen LogP contribution in [0.25, 0.3) is 0 Å². The third-order valence-electron chi connectivity index (χ3n) is 3.39. The van der Waals surface area contributed by atoms with Gasteiger partial charge in [-0.2, -0.15) is 0 Å². The topological polar surface area (TPSA) is 67.9 Å². The molecule has 1 aromatic rings. The molecule has 1 aromatic carbocycles. The van der Waals surface area contributed by atoms with E-state index in [9.17, 15) is 9.59 Å². The van der Waals surface area contributed by atoms with E-state index in [4.69, 9.17) is 9.47 Å². The first-order chi connectivity index (χ1) is 10.5. The Labute approximate surface area is 130 Å². The summed E-state index contributed by atoms with van der Waals surface area (Å²) in [5.74, 6) is 1.39.